The molecule has 0 saturated carbocycles. The Bertz CT molecular complexity index is 389. The smallest absolute Gasteiger partial charge is 0.245 e. The minimum Gasteiger partial charge on any atom is -0.363 e. The van der Waals surface area contributed by atoms with E-state index in [0.29, 0.717) is 12.4 Å². The number of aromatic nitrogens is 1. The van der Waals surface area contributed by atoms with Gasteiger partial charge >= 0.3 is 0 Å². The van der Waals surface area contributed by atoms with Crippen LogP contribution in [0.1, 0.15) is 27.2 Å². The quantitative estimate of drug-likeness (QED) is 0.833. The molecule has 0 saturated heterocycles. The Labute approximate surface area is 106 Å². The van der Waals surface area contributed by atoms with E-state index in [9.17, 15) is 9.59 Å². The zero-order valence-corrected chi connectivity index (χ0v) is 11.0. The second kappa shape index (κ2) is 6.78. The van der Waals surface area contributed by atoms with Gasteiger partial charge in [0.2, 0.25) is 11.8 Å². The summed E-state index contributed by atoms with van der Waals surface area (Å²) in [6.45, 7) is 6.21. The number of anilines is 1. The number of hydrogen-bond acceptors (Lipinski definition) is 4. The molecule has 1 atom stereocenters. The molecule has 0 fully saturated rings. The average Bonchev–Trinajstić information content (AvgIpc) is 2.86. The maximum atomic E-state index is 12.0. The van der Waals surface area contributed by atoms with Crippen molar-refractivity contribution >= 4 is 17.6 Å². The van der Waals surface area contributed by atoms with Gasteiger partial charge in [-0.2, -0.15) is 0 Å². The van der Waals surface area contributed by atoms with E-state index < -0.39 is 0 Å². The molecular formula is C12H19N3O3. The molecule has 6 nitrogen and oxygen atoms in total. The zero-order chi connectivity index (χ0) is 13.5. The van der Waals surface area contributed by atoms with Gasteiger partial charge in [-0.25, -0.2) is 0 Å². The summed E-state index contributed by atoms with van der Waals surface area (Å²) >= 11 is 0. The van der Waals surface area contributed by atoms with Crippen LogP contribution in [0.3, 0.4) is 0 Å². The SMILES string of the molecule is CCC(C)C(=O)N(CC)CC(=O)Nc1ccon1. The molecule has 0 spiro atoms. The van der Waals surface area contributed by atoms with Gasteiger partial charge in [0.05, 0.1) is 6.54 Å². The van der Waals surface area contributed by atoms with E-state index in [1.165, 1.54) is 11.2 Å². The highest BCUT2D eigenvalue weighted by Crippen LogP contribution is 2.07. The first-order chi connectivity index (χ1) is 8.58. The number of nitrogens with one attached hydrogen (secondary N) is 1. The largest absolute Gasteiger partial charge is 0.363 e. The Hall–Kier alpha value is -1.85. The zero-order valence-electron chi connectivity index (χ0n) is 11.0. The van der Waals surface area contributed by atoms with Crippen molar-refractivity contribution in [2.45, 2.75) is 27.2 Å². The van der Waals surface area contributed by atoms with Crippen molar-refractivity contribution in [2.75, 3.05) is 18.4 Å². The normalized spacial score (nSPS) is 11.9. The van der Waals surface area contributed by atoms with E-state index in [4.69, 9.17) is 0 Å². The molecule has 100 valence electrons. The molecule has 2 amide bonds. The van der Waals surface area contributed by atoms with Gasteiger partial charge < -0.3 is 14.7 Å². The minimum atomic E-state index is -0.276. The lowest BCUT2D eigenvalue weighted by molar-refractivity contribution is -0.137. The summed E-state index contributed by atoms with van der Waals surface area (Å²) in [4.78, 5) is 25.2. The predicted octanol–water partition coefficient (Wildman–Crippen LogP) is 1.51. The molecule has 0 aliphatic heterocycles. The number of carbonyl (C=O) groups excluding carboxylic acids is 2. The van der Waals surface area contributed by atoms with E-state index in [1.807, 2.05) is 20.8 Å². The summed E-state index contributed by atoms with van der Waals surface area (Å²) in [5, 5.41) is 6.14. The molecule has 18 heavy (non-hydrogen) atoms. The lowest BCUT2D eigenvalue weighted by Gasteiger charge is -2.23. The first-order valence-corrected chi connectivity index (χ1v) is 6.07. The highest BCUT2D eigenvalue weighted by molar-refractivity contribution is 5.94. The van der Waals surface area contributed by atoms with Crippen molar-refractivity contribution in [3.63, 3.8) is 0 Å². The van der Waals surface area contributed by atoms with Gasteiger partial charge in [0.1, 0.15) is 6.26 Å². The first-order valence-electron chi connectivity index (χ1n) is 6.07. The molecule has 1 aromatic rings. The summed E-state index contributed by atoms with van der Waals surface area (Å²) in [5.41, 5.74) is 0. The molecule has 1 N–H and O–H groups in total. The Morgan fingerprint density at radius 2 is 2.22 bits per heavy atom. The van der Waals surface area contributed by atoms with Gasteiger partial charge in [0.15, 0.2) is 5.82 Å². The third-order valence-electron chi connectivity index (χ3n) is 2.77. The Morgan fingerprint density at radius 3 is 2.72 bits per heavy atom. The fourth-order valence-electron chi connectivity index (χ4n) is 1.46. The number of carbonyl (C=O) groups is 2. The van der Waals surface area contributed by atoms with Crippen molar-refractivity contribution in [3.8, 4) is 0 Å². The molecular weight excluding hydrogens is 234 g/mol. The third-order valence-corrected chi connectivity index (χ3v) is 2.77. The van der Waals surface area contributed by atoms with Crippen molar-refractivity contribution in [3.05, 3.63) is 12.3 Å². The van der Waals surface area contributed by atoms with Crippen LogP contribution >= 0.6 is 0 Å². The molecule has 1 rings (SSSR count). The highest BCUT2D eigenvalue weighted by Gasteiger charge is 2.20. The Balaban J connectivity index is 2.52. The van der Waals surface area contributed by atoms with Crippen molar-refractivity contribution in [1.82, 2.24) is 10.1 Å². The summed E-state index contributed by atoms with van der Waals surface area (Å²) in [5.74, 6) is 0.00884. The summed E-state index contributed by atoms with van der Waals surface area (Å²) in [6.07, 6.45) is 2.14. The molecule has 1 aromatic heterocycles. The number of nitrogens with zero attached hydrogens (tertiary/aromatic N) is 2. The predicted molar refractivity (Wildman–Crippen MR) is 66.8 cm³/mol. The molecule has 0 aliphatic rings. The minimum absolute atomic E-state index is 0.00435. The summed E-state index contributed by atoms with van der Waals surface area (Å²) in [6, 6.07) is 1.55. The van der Waals surface area contributed by atoms with E-state index in [2.05, 4.69) is 15.0 Å². The average molecular weight is 253 g/mol. The van der Waals surface area contributed by atoms with Gasteiger partial charge in [0.25, 0.3) is 0 Å². The Morgan fingerprint density at radius 1 is 1.50 bits per heavy atom. The van der Waals surface area contributed by atoms with E-state index in [1.54, 1.807) is 6.07 Å². The molecule has 6 heteroatoms. The molecule has 0 bridgehead atoms. The fourth-order valence-corrected chi connectivity index (χ4v) is 1.46. The van der Waals surface area contributed by atoms with Crippen molar-refractivity contribution in [1.29, 1.82) is 0 Å². The van der Waals surface area contributed by atoms with Crippen LogP contribution in [0.25, 0.3) is 0 Å². The van der Waals surface area contributed by atoms with Gasteiger partial charge in [0, 0.05) is 18.5 Å². The fraction of sp³-hybridized carbons (Fsp3) is 0.583. The summed E-state index contributed by atoms with van der Waals surface area (Å²) < 4.78 is 4.60. The number of amides is 2. The maximum absolute atomic E-state index is 12.0. The van der Waals surface area contributed by atoms with E-state index in [0.717, 1.165) is 6.42 Å². The molecule has 0 radical (unpaired) electrons. The second-order valence-electron chi connectivity index (χ2n) is 4.09. The first kappa shape index (κ1) is 14.2. The Kier molecular flexibility index (Phi) is 5.35. The van der Waals surface area contributed by atoms with Crippen molar-refractivity contribution in [2.24, 2.45) is 5.92 Å². The van der Waals surface area contributed by atoms with Crippen molar-refractivity contribution < 1.29 is 14.1 Å². The molecule has 1 unspecified atom stereocenters. The lowest BCUT2D eigenvalue weighted by Crippen LogP contribution is -2.40. The maximum Gasteiger partial charge on any atom is 0.245 e. The summed E-state index contributed by atoms with van der Waals surface area (Å²) in [7, 11) is 0. The molecule has 0 aromatic carbocycles. The van der Waals surface area contributed by atoms with Crippen LogP contribution in [0.5, 0.6) is 0 Å². The van der Waals surface area contributed by atoms with Crippen LogP contribution in [0.4, 0.5) is 5.82 Å². The van der Waals surface area contributed by atoms with Gasteiger partial charge in [-0.3, -0.25) is 9.59 Å². The highest BCUT2D eigenvalue weighted by atomic mass is 16.5. The van der Waals surface area contributed by atoms with Gasteiger partial charge in [-0.15, -0.1) is 0 Å². The monoisotopic (exact) mass is 253 g/mol. The van der Waals surface area contributed by atoms with Crippen LogP contribution in [0.15, 0.2) is 16.9 Å². The topological polar surface area (TPSA) is 75.4 Å². The van der Waals surface area contributed by atoms with Crippen LogP contribution in [0.2, 0.25) is 0 Å². The van der Waals surface area contributed by atoms with Gasteiger partial charge in [-0.05, 0) is 13.3 Å². The van der Waals surface area contributed by atoms with E-state index >= 15 is 0 Å². The van der Waals surface area contributed by atoms with Crippen LogP contribution in [-0.2, 0) is 9.59 Å². The molecule has 0 aliphatic carbocycles. The lowest BCUT2D eigenvalue weighted by atomic mass is 10.1. The number of hydrogen-bond donors (Lipinski definition) is 1. The molecule has 1 heterocycles. The number of rotatable bonds is 6. The third kappa shape index (κ3) is 3.87. The van der Waals surface area contributed by atoms with Gasteiger partial charge in [-0.1, -0.05) is 19.0 Å². The van der Waals surface area contributed by atoms with Crippen LogP contribution < -0.4 is 5.32 Å². The van der Waals surface area contributed by atoms with Crippen LogP contribution in [-0.4, -0.2) is 35.0 Å². The second-order valence-corrected chi connectivity index (χ2v) is 4.09. The number of likely N-dealkylation sites (N-methyl/N-ethyl adjacent to an activating group) is 1. The van der Waals surface area contributed by atoms with Crippen LogP contribution in [0, 0.1) is 5.92 Å². The standard InChI is InChI=1S/C12H19N3O3/c1-4-9(3)12(17)15(5-2)8-11(16)13-10-6-7-18-14-10/h6-7,9H,4-5,8H2,1-3H3,(H,13,14,16). The van der Waals surface area contributed by atoms with E-state index in [-0.39, 0.29) is 24.3 Å².